The molecule has 86 valence electrons. The van der Waals surface area contributed by atoms with Gasteiger partial charge in [0, 0.05) is 21.8 Å². The van der Waals surface area contributed by atoms with Crippen LogP contribution in [-0.2, 0) is 4.79 Å². The molecule has 0 N–H and O–H groups in total. The van der Waals surface area contributed by atoms with Gasteiger partial charge in [0.2, 0.25) is 5.91 Å². The van der Waals surface area contributed by atoms with Crippen molar-refractivity contribution < 1.29 is 4.79 Å². The SMILES string of the molecule is O=C1CSc2cc(Cl)ccc2N1CCCBr. The molecule has 16 heavy (non-hydrogen) atoms. The van der Waals surface area contributed by atoms with Crippen molar-refractivity contribution in [3.05, 3.63) is 23.2 Å². The van der Waals surface area contributed by atoms with Crippen LogP contribution in [0, 0.1) is 0 Å². The number of anilines is 1. The third-order valence-electron chi connectivity index (χ3n) is 2.38. The van der Waals surface area contributed by atoms with Crippen molar-refractivity contribution in [3.8, 4) is 0 Å². The molecular weight excluding hydrogens is 310 g/mol. The third kappa shape index (κ3) is 2.55. The minimum Gasteiger partial charge on any atom is -0.311 e. The first-order valence-electron chi connectivity index (χ1n) is 5.01. The normalized spacial score (nSPS) is 15.1. The van der Waals surface area contributed by atoms with Gasteiger partial charge in [-0.05, 0) is 24.6 Å². The van der Waals surface area contributed by atoms with Crippen LogP contribution in [-0.4, -0.2) is 23.5 Å². The van der Waals surface area contributed by atoms with E-state index in [4.69, 9.17) is 11.6 Å². The number of carbonyl (C=O) groups excluding carboxylic acids is 1. The molecule has 1 aliphatic rings. The lowest BCUT2D eigenvalue weighted by molar-refractivity contribution is -0.116. The first-order chi connectivity index (χ1) is 7.72. The lowest BCUT2D eigenvalue weighted by atomic mass is 10.2. The zero-order valence-electron chi connectivity index (χ0n) is 8.58. The van der Waals surface area contributed by atoms with Gasteiger partial charge >= 0.3 is 0 Å². The average molecular weight is 321 g/mol. The number of carbonyl (C=O) groups is 1. The molecule has 0 bridgehead atoms. The number of hydrogen-bond donors (Lipinski definition) is 0. The maximum absolute atomic E-state index is 11.8. The molecule has 2 rings (SSSR count). The smallest absolute Gasteiger partial charge is 0.237 e. The Morgan fingerprint density at radius 1 is 1.50 bits per heavy atom. The minimum absolute atomic E-state index is 0.181. The van der Waals surface area contributed by atoms with E-state index in [0.29, 0.717) is 5.75 Å². The predicted molar refractivity (Wildman–Crippen MR) is 72.9 cm³/mol. The third-order valence-corrected chi connectivity index (χ3v) is 4.21. The molecule has 0 aromatic heterocycles. The van der Waals surface area contributed by atoms with E-state index < -0.39 is 0 Å². The summed E-state index contributed by atoms with van der Waals surface area (Å²) < 4.78 is 0. The largest absolute Gasteiger partial charge is 0.311 e. The molecule has 0 aliphatic carbocycles. The Labute approximate surface area is 112 Å². The zero-order chi connectivity index (χ0) is 11.5. The zero-order valence-corrected chi connectivity index (χ0v) is 11.7. The van der Waals surface area contributed by atoms with Crippen LogP contribution >= 0.6 is 39.3 Å². The summed E-state index contributed by atoms with van der Waals surface area (Å²) in [7, 11) is 0. The van der Waals surface area contributed by atoms with Gasteiger partial charge in [0.25, 0.3) is 0 Å². The van der Waals surface area contributed by atoms with Crippen LogP contribution in [0.25, 0.3) is 0 Å². The van der Waals surface area contributed by atoms with Crippen LogP contribution < -0.4 is 4.90 Å². The Balaban J connectivity index is 2.29. The molecule has 0 saturated heterocycles. The van der Waals surface area contributed by atoms with Crippen molar-refractivity contribution in [2.24, 2.45) is 0 Å². The molecule has 2 nitrogen and oxygen atoms in total. The van der Waals surface area contributed by atoms with Crippen LogP contribution in [0.1, 0.15) is 6.42 Å². The van der Waals surface area contributed by atoms with E-state index in [1.807, 2.05) is 23.1 Å². The Hall–Kier alpha value is -0.190. The first-order valence-corrected chi connectivity index (χ1v) is 7.49. The molecule has 1 aromatic carbocycles. The number of alkyl halides is 1. The number of halogens is 2. The summed E-state index contributed by atoms with van der Waals surface area (Å²) in [6, 6.07) is 5.69. The highest BCUT2D eigenvalue weighted by Crippen LogP contribution is 2.37. The van der Waals surface area contributed by atoms with E-state index in [1.165, 1.54) is 0 Å². The summed E-state index contributed by atoms with van der Waals surface area (Å²) >= 11 is 10.9. The molecular formula is C11H11BrClNOS. The minimum atomic E-state index is 0.181. The van der Waals surface area contributed by atoms with Crippen LogP contribution in [0.2, 0.25) is 5.02 Å². The predicted octanol–water partition coefficient (Wildman–Crippen LogP) is 3.56. The Bertz CT molecular complexity index is 413. The molecule has 0 saturated carbocycles. The van der Waals surface area contributed by atoms with Crippen molar-refractivity contribution in [2.45, 2.75) is 11.3 Å². The molecule has 0 spiro atoms. The van der Waals surface area contributed by atoms with Gasteiger partial charge in [0.15, 0.2) is 0 Å². The molecule has 0 atom stereocenters. The van der Waals surface area contributed by atoms with Crippen molar-refractivity contribution in [2.75, 3.05) is 22.5 Å². The van der Waals surface area contributed by atoms with Gasteiger partial charge in [-0.15, -0.1) is 11.8 Å². The molecule has 1 heterocycles. The van der Waals surface area contributed by atoms with Crippen molar-refractivity contribution >= 4 is 50.9 Å². The molecule has 0 radical (unpaired) electrons. The lowest BCUT2D eigenvalue weighted by Crippen LogP contribution is -2.36. The topological polar surface area (TPSA) is 20.3 Å². The number of nitrogens with zero attached hydrogens (tertiary/aromatic N) is 1. The Morgan fingerprint density at radius 2 is 2.31 bits per heavy atom. The van der Waals surface area contributed by atoms with Crippen molar-refractivity contribution in [3.63, 3.8) is 0 Å². The number of fused-ring (bicyclic) bond motifs is 1. The van der Waals surface area contributed by atoms with Gasteiger partial charge in [-0.1, -0.05) is 27.5 Å². The lowest BCUT2D eigenvalue weighted by Gasteiger charge is -2.28. The number of benzene rings is 1. The second-order valence-corrected chi connectivity index (χ2v) is 5.74. The van der Waals surface area contributed by atoms with Gasteiger partial charge in [0.1, 0.15) is 0 Å². The highest BCUT2D eigenvalue weighted by Gasteiger charge is 2.24. The van der Waals surface area contributed by atoms with Gasteiger partial charge < -0.3 is 4.90 Å². The molecule has 1 aromatic rings. The summed E-state index contributed by atoms with van der Waals surface area (Å²) in [5, 5.41) is 1.63. The number of amides is 1. The average Bonchev–Trinajstić information content (AvgIpc) is 2.28. The van der Waals surface area contributed by atoms with E-state index in [1.54, 1.807) is 11.8 Å². The maximum Gasteiger partial charge on any atom is 0.237 e. The van der Waals surface area contributed by atoms with Gasteiger partial charge in [0.05, 0.1) is 11.4 Å². The highest BCUT2D eigenvalue weighted by atomic mass is 79.9. The van der Waals surface area contributed by atoms with Crippen molar-refractivity contribution in [1.82, 2.24) is 0 Å². The van der Waals surface area contributed by atoms with Crippen LogP contribution in [0.4, 0.5) is 5.69 Å². The summed E-state index contributed by atoms with van der Waals surface area (Å²) in [6.45, 7) is 0.763. The second-order valence-electron chi connectivity index (χ2n) is 3.49. The fourth-order valence-corrected chi connectivity index (χ4v) is 3.10. The van der Waals surface area contributed by atoms with Gasteiger partial charge in [-0.3, -0.25) is 4.79 Å². The van der Waals surface area contributed by atoms with Crippen LogP contribution in [0.15, 0.2) is 23.1 Å². The quantitative estimate of drug-likeness (QED) is 0.794. The number of thioether (sulfide) groups is 1. The summed E-state index contributed by atoms with van der Waals surface area (Å²) in [4.78, 5) is 14.8. The van der Waals surface area contributed by atoms with Crippen molar-refractivity contribution in [1.29, 1.82) is 0 Å². The van der Waals surface area contributed by atoms with E-state index in [2.05, 4.69) is 15.9 Å². The molecule has 5 heteroatoms. The summed E-state index contributed by atoms with van der Waals surface area (Å²) in [5.74, 6) is 0.691. The fourth-order valence-electron chi connectivity index (χ4n) is 1.64. The first kappa shape index (κ1) is 12.3. The summed E-state index contributed by atoms with van der Waals surface area (Å²) in [5.41, 5.74) is 0.992. The number of hydrogen-bond acceptors (Lipinski definition) is 2. The van der Waals surface area contributed by atoms with E-state index in [0.717, 1.165) is 33.9 Å². The van der Waals surface area contributed by atoms with E-state index in [-0.39, 0.29) is 5.91 Å². The monoisotopic (exact) mass is 319 g/mol. The summed E-state index contributed by atoms with van der Waals surface area (Å²) in [6.07, 6.45) is 0.957. The molecule has 0 unspecified atom stereocenters. The van der Waals surface area contributed by atoms with E-state index in [9.17, 15) is 4.79 Å². The Kier molecular flexibility index (Phi) is 4.16. The highest BCUT2D eigenvalue weighted by molar-refractivity contribution is 9.09. The van der Waals surface area contributed by atoms with Crippen LogP contribution in [0.3, 0.4) is 0 Å². The number of rotatable bonds is 3. The fraction of sp³-hybridized carbons (Fsp3) is 0.364. The second kappa shape index (κ2) is 5.43. The van der Waals surface area contributed by atoms with Gasteiger partial charge in [-0.25, -0.2) is 0 Å². The Morgan fingerprint density at radius 3 is 3.06 bits per heavy atom. The molecule has 1 aliphatic heterocycles. The van der Waals surface area contributed by atoms with Crippen LogP contribution in [0.5, 0.6) is 0 Å². The standard InChI is InChI=1S/C11H11BrClNOS/c12-4-1-5-14-9-3-2-8(13)6-10(9)16-7-11(14)15/h2-3,6H,1,4-5,7H2. The maximum atomic E-state index is 11.8. The van der Waals surface area contributed by atoms with E-state index >= 15 is 0 Å². The van der Waals surface area contributed by atoms with Gasteiger partial charge in [-0.2, -0.15) is 0 Å². The molecule has 1 amide bonds. The molecule has 0 fully saturated rings.